The van der Waals surface area contributed by atoms with E-state index < -0.39 is 22.0 Å². The first-order chi connectivity index (χ1) is 17.6. The smallest absolute Gasteiger partial charge is 0.387 e. The van der Waals surface area contributed by atoms with Gasteiger partial charge in [0.25, 0.3) is 0 Å². The van der Waals surface area contributed by atoms with E-state index in [2.05, 4.69) is 10.1 Å². The largest absolute Gasteiger partial charge is 0.435 e. The quantitative estimate of drug-likeness (QED) is 0.500. The van der Waals surface area contributed by atoms with Crippen molar-refractivity contribution < 1.29 is 26.7 Å². The fourth-order valence-corrected chi connectivity index (χ4v) is 7.44. The van der Waals surface area contributed by atoms with E-state index in [4.69, 9.17) is 5.10 Å². The number of fused-ring (bicyclic) bond motifs is 1. The van der Waals surface area contributed by atoms with Gasteiger partial charge in [-0.05, 0) is 43.9 Å². The molecule has 2 aliphatic rings. The Bertz CT molecular complexity index is 1410. The summed E-state index contributed by atoms with van der Waals surface area (Å²) >= 11 is 0. The fourth-order valence-electron chi connectivity index (χ4n) is 5.35. The molecule has 1 saturated heterocycles. The number of nitrogens with zero attached hydrogens (tertiary/aromatic N) is 2. The molecule has 2 heterocycles. The first kappa shape index (κ1) is 25.4. The fraction of sp³-hybridized carbons (Fsp3) is 0.407. The summed E-state index contributed by atoms with van der Waals surface area (Å²) in [4.78, 5) is 13.3. The van der Waals surface area contributed by atoms with Crippen molar-refractivity contribution in [2.75, 3.05) is 11.5 Å². The second-order valence-electron chi connectivity index (χ2n) is 10.2. The van der Waals surface area contributed by atoms with Gasteiger partial charge >= 0.3 is 6.61 Å². The lowest BCUT2D eigenvalue weighted by Crippen LogP contribution is -2.50. The van der Waals surface area contributed by atoms with Crippen LogP contribution in [0.3, 0.4) is 0 Å². The maximum absolute atomic E-state index is 13.3. The van der Waals surface area contributed by atoms with Crippen molar-refractivity contribution in [1.82, 2.24) is 15.1 Å². The van der Waals surface area contributed by atoms with Gasteiger partial charge in [-0.2, -0.15) is 13.9 Å². The Labute approximate surface area is 214 Å². The Hall–Kier alpha value is -3.27. The van der Waals surface area contributed by atoms with E-state index in [-0.39, 0.29) is 29.1 Å². The summed E-state index contributed by atoms with van der Waals surface area (Å²) in [5, 5.41) is 7.88. The standard InChI is InChI=1S/C27H29F2N3O4S/c1-27(12-13-37(34,35)17-27)30-25(33)20-10-11-22-23(15-20)32(16-18-6-3-2-4-7-18)31-24(22)19-8-5-9-21(14-19)36-26(28)29/h2-9,14,20,26H,10-13,15-17H2,1H3,(H,30,33)/t20-,27+/m1/s1. The highest BCUT2D eigenvalue weighted by Crippen LogP contribution is 2.36. The average molecular weight is 530 g/mol. The maximum Gasteiger partial charge on any atom is 0.387 e. The number of sulfone groups is 1. The van der Waals surface area contributed by atoms with Crippen LogP contribution in [-0.4, -0.2) is 47.8 Å². The summed E-state index contributed by atoms with van der Waals surface area (Å²) in [5.74, 6) is -0.366. The van der Waals surface area contributed by atoms with Crippen LogP contribution in [0.5, 0.6) is 5.75 Å². The van der Waals surface area contributed by atoms with Gasteiger partial charge in [-0.25, -0.2) is 8.42 Å². The van der Waals surface area contributed by atoms with Crippen molar-refractivity contribution in [2.45, 2.75) is 51.3 Å². The number of carbonyl (C=O) groups excluding carboxylic acids is 1. The number of halogens is 2. The predicted octanol–water partition coefficient (Wildman–Crippen LogP) is 4.00. The van der Waals surface area contributed by atoms with Gasteiger partial charge in [0.2, 0.25) is 5.91 Å². The summed E-state index contributed by atoms with van der Waals surface area (Å²) in [7, 11) is -3.14. The zero-order valence-electron chi connectivity index (χ0n) is 20.5. The van der Waals surface area contributed by atoms with Crippen LogP contribution < -0.4 is 10.1 Å². The van der Waals surface area contributed by atoms with Crippen LogP contribution in [0.4, 0.5) is 8.78 Å². The number of hydrogen-bond acceptors (Lipinski definition) is 5. The monoisotopic (exact) mass is 529 g/mol. The number of ether oxygens (including phenoxy) is 1. The van der Waals surface area contributed by atoms with Crippen molar-refractivity contribution in [1.29, 1.82) is 0 Å². The molecule has 0 spiro atoms. The average Bonchev–Trinajstić information content (AvgIpc) is 3.34. The SMILES string of the molecule is C[C@]1(NC(=O)[C@@H]2CCc3c(-c4cccc(OC(F)F)c4)nn(Cc4ccccc4)c3C2)CCS(=O)(=O)C1. The van der Waals surface area contributed by atoms with Gasteiger partial charge in [0.05, 0.1) is 29.3 Å². The molecule has 0 bridgehead atoms. The van der Waals surface area contributed by atoms with Crippen molar-refractivity contribution in [3.05, 3.63) is 71.4 Å². The molecule has 196 valence electrons. The molecule has 0 saturated carbocycles. The molecule has 5 rings (SSSR count). The van der Waals surface area contributed by atoms with E-state index in [0.29, 0.717) is 43.5 Å². The summed E-state index contributed by atoms with van der Waals surface area (Å²) in [6.45, 7) is -0.632. The van der Waals surface area contributed by atoms with E-state index in [9.17, 15) is 22.0 Å². The Morgan fingerprint density at radius 3 is 2.70 bits per heavy atom. The van der Waals surface area contributed by atoms with Gasteiger partial charge in [0, 0.05) is 29.2 Å². The molecule has 7 nitrogen and oxygen atoms in total. The highest BCUT2D eigenvalue weighted by Gasteiger charge is 2.41. The zero-order chi connectivity index (χ0) is 26.2. The molecule has 2 atom stereocenters. The molecule has 3 aromatic rings. The Balaban J connectivity index is 1.45. The maximum atomic E-state index is 13.3. The summed E-state index contributed by atoms with van der Waals surface area (Å²) < 4.78 is 56.1. The first-order valence-electron chi connectivity index (χ1n) is 12.3. The van der Waals surface area contributed by atoms with Crippen LogP contribution >= 0.6 is 0 Å². The predicted molar refractivity (Wildman–Crippen MR) is 135 cm³/mol. The molecule has 1 fully saturated rings. The Kier molecular flexibility index (Phi) is 6.78. The Morgan fingerprint density at radius 1 is 1.22 bits per heavy atom. The lowest BCUT2D eigenvalue weighted by atomic mass is 9.84. The molecule has 2 aromatic carbocycles. The lowest BCUT2D eigenvalue weighted by Gasteiger charge is -2.29. The second-order valence-corrected chi connectivity index (χ2v) is 12.3. The van der Waals surface area contributed by atoms with Gasteiger partial charge in [0.1, 0.15) is 5.75 Å². The molecule has 1 aromatic heterocycles. The number of amides is 1. The molecule has 1 aliphatic heterocycles. The number of carbonyl (C=O) groups is 1. The van der Waals surface area contributed by atoms with Crippen molar-refractivity contribution in [2.24, 2.45) is 5.92 Å². The molecule has 37 heavy (non-hydrogen) atoms. The molecular formula is C27H29F2N3O4S. The zero-order valence-corrected chi connectivity index (χ0v) is 21.3. The number of nitrogens with one attached hydrogen (secondary N) is 1. The van der Waals surface area contributed by atoms with Gasteiger partial charge in [-0.1, -0.05) is 42.5 Å². The summed E-state index contributed by atoms with van der Waals surface area (Å²) in [6, 6.07) is 16.3. The van der Waals surface area contributed by atoms with Gasteiger partial charge in [-0.3, -0.25) is 9.48 Å². The van der Waals surface area contributed by atoms with Crippen LogP contribution in [0.1, 0.15) is 36.6 Å². The minimum atomic E-state index is -3.14. The van der Waals surface area contributed by atoms with E-state index in [0.717, 1.165) is 16.8 Å². The van der Waals surface area contributed by atoms with E-state index in [1.54, 1.807) is 19.1 Å². The van der Waals surface area contributed by atoms with Gasteiger partial charge in [-0.15, -0.1) is 0 Å². The molecule has 0 radical (unpaired) electrons. The second kappa shape index (κ2) is 9.89. The highest BCUT2D eigenvalue weighted by molar-refractivity contribution is 7.91. The number of alkyl halides is 2. The topological polar surface area (TPSA) is 90.3 Å². The summed E-state index contributed by atoms with van der Waals surface area (Å²) in [5.41, 5.74) is 3.57. The number of aromatic nitrogens is 2. The third kappa shape index (κ3) is 5.69. The normalized spacial score (nSPS) is 22.5. The summed E-state index contributed by atoms with van der Waals surface area (Å²) in [6.07, 6.45) is 2.04. The minimum Gasteiger partial charge on any atom is -0.435 e. The number of benzene rings is 2. The van der Waals surface area contributed by atoms with E-state index in [1.807, 2.05) is 41.1 Å². The Morgan fingerprint density at radius 2 is 2.00 bits per heavy atom. The molecule has 1 amide bonds. The third-order valence-corrected chi connectivity index (χ3v) is 9.06. The molecule has 1 aliphatic carbocycles. The van der Waals surface area contributed by atoms with Crippen LogP contribution in [0.15, 0.2) is 54.6 Å². The van der Waals surface area contributed by atoms with Gasteiger partial charge in [0.15, 0.2) is 9.84 Å². The van der Waals surface area contributed by atoms with Gasteiger partial charge < -0.3 is 10.1 Å². The number of hydrogen-bond donors (Lipinski definition) is 1. The lowest BCUT2D eigenvalue weighted by molar-refractivity contribution is -0.126. The molecule has 0 unspecified atom stereocenters. The van der Waals surface area contributed by atoms with Crippen LogP contribution in [0.25, 0.3) is 11.3 Å². The van der Waals surface area contributed by atoms with Crippen molar-refractivity contribution in [3.63, 3.8) is 0 Å². The van der Waals surface area contributed by atoms with E-state index >= 15 is 0 Å². The van der Waals surface area contributed by atoms with Crippen LogP contribution in [0, 0.1) is 5.92 Å². The molecule has 10 heteroatoms. The van der Waals surface area contributed by atoms with Crippen LogP contribution in [-0.2, 0) is 34.0 Å². The minimum absolute atomic E-state index is 0.0448. The highest BCUT2D eigenvalue weighted by atomic mass is 32.2. The van der Waals surface area contributed by atoms with Crippen LogP contribution in [0.2, 0.25) is 0 Å². The first-order valence-corrected chi connectivity index (χ1v) is 14.1. The number of rotatable bonds is 7. The van der Waals surface area contributed by atoms with E-state index in [1.165, 1.54) is 6.07 Å². The third-order valence-electron chi connectivity index (χ3n) is 7.16. The molecular weight excluding hydrogens is 500 g/mol. The van der Waals surface area contributed by atoms with Crippen molar-refractivity contribution >= 4 is 15.7 Å². The van der Waals surface area contributed by atoms with Crippen molar-refractivity contribution in [3.8, 4) is 17.0 Å². The molecule has 1 N–H and O–H groups in total.